The van der Waals surface area contributed by atoms with Crippen LogP contribution in [0.15, 0.2) is 24.3 Å². The summed E-state index contributed by atoms with van der Waals surface area (Å²) in [6.07, 6.45) is 5.41. The fourth-order valence-corrected chi connectivity index (χ4v) is 3.09. The summed E-state index contributed by atoms with van der Waals surface area (Å²) in [5, 5.41) is 0. The van der Waals surface area contributed by atoms with Crippen LogP contribution in [0.25, 0.3) is 0 Å². The van der Waals surface area contributed by atoms with E-state index in [1.54, 1.807) is 12.1 Å². The number of ether oxygens (including phenoxy) is 1. The molecule has 4 heteroatoms. The molecule has 0 radical (unpaired) electrons. The van der Waals surface area contributed by atoms with Gasteiger partial charge in [0, 0.05) is 31.0 Å². The molecule has 0 spiro atoms. The van der Waals surface area contributed by atoms with E-state index in [9.17, 15) is 9.18 Å². The first-order valence-corrected chi connectivity index (χ1v) is 7.89. The van der Waals surface area contributed by atoms with Crippen molar-refractivity contribution >= 4 is 5.91 Å². The number of nitrogens with zero attached hydrogens (tertiary/aromatic N) is 1. The van der Waals surface area contributed by atoms with Gasteiger partial charge in [0.25, 0.3) is 0 Å². The number of amides is 1. The highest BCUT2D eigenvalue weighted by molar-refractivity contribution is 5.79. The van der Waals surface area contributed by atoms with Crippen molar-refractivity contribution in [2.45, 2.75) is 32.1 Å². The largest absolute Gasteiger partial charge is 0.493 e. The number of rotatable bonds is 4. The van der Waals surface area contributed by atoms with E-state index in [2.05, 4.69) is 0 Å². The average Bonchev–Trinajstić information content (AvgIpc) is 2.44. The molecular formula is C17H22FNO2. The molecule has 0 unspecified atom stereocenters. The van der Waals surface area contributed by atoms with E-state index >= 15 is 0 Å². The van der Waals surface area contributed by atoms with Crippen molar-refractivity contribution in [2.24, 2.45) is 11.8 Å². The van der Waals surface area contributed by atoms with E-state index in [-0.39, 0.29) is 11.7 Å². The summed E-state index contributed by atoms with van der Waals surface area (Å²) in [7, 11) is 0. The summed E-state index contributed by atoms with van der Waals surface area (Å²) in [4.78, 5) is 14.3. The zero-order valence-corrected chi connectivity index (χ0v) is 12.3. The summed E-state index contributed by atoms with van der Waals surface area (Å²) >= 11 is 0. The highest BCUT2D eigenvalue weighted by Gasteiger charge is 2.32. The highest BCUT2D eigenvalue weighted by Crippen LogP contribution is 2.30. The molecular weight excluding hydrogens is 269 g/mol. The second kappa shape index (κ2) is 6.46. The van der Waals surface area contributed by atoms with Crippen LogP contribution in [0.3, 0.4) is 0 Å². The molecule has 1 amide bonds. The van der Waals surface area contributed by atoms with E-state index < -0.39 is 0 Å². The number of hydrogen-bond acceptors (Lipinski definition) is 2. The topological polar surface area (TPSA) is 29.5 Å². The van der Waals surface area contributed by atoms with Gasteiger partial charge in [-0.05, 0) is 37.8 Å². The van der Waals surface area contributed by atoms with E-state index in [1.807, 2.05) is 4.90 Å². The van der Waals surface area contributed by atoms with Crippen LogP contribution in [0.1, 0.15) is 32.1 Å². The van der Waals surface area contributed by atoms with Gasteiger partial charge in [0.05, 0.1) is 6.61 Å². The Hall–Kier alpha value is -1.58. The molecule has 1 aliphatic heterocycles. The zero-order valence-electron chi connectivity index (χ0n) is 12.3. The number of piperidine rings is 1. The minimum absolute atomic E-state index is 0.271. The fraction of sp³-hybridized carbons (Fsp3) is 0.588. The van der Waals surface area contributed by atoms with Gasteiger partial charge in [0.1, 0.15) is 11.6 Å². The highest BCUT2D eigenvalue weighted by atomic mass is 19.1. The van der Waals surface area contributed by atoms with Gasteiger partial charge >= 0.3 is 0 Å². The Labute approximate surface area is 125 Å². The maximum atomic E-state index is 13.1. The van der Waals surface area contributed by atoms with Crippen LogP contribution in [-0.4, -0.2) is 30.5 Å². The summed E-state index contributed by atoms with van der Waals surface area (Å²) < 4.78 is 18.8. The molecule has 1 atom stereocenters. The van der Waals surface area contributed by atoms with Crippen molar-refractivity contribution in [3.8, 4) is 5.75 Å². The van der Waals surface area contributed by atoms with Crippen LogP contribution in [-0.2, 0) is 4.79 Å². The molecule has 0 bridgehead atoms. The van der Waals surface area contributed by atoms with Crippen LogP contribution < -0.4 is 4.74 Å². The Morgan fingerprint density at radius 3 is 2.86 bits per heavy atom. The summed E-state index contributed by atoms with van der Waals surface area (Å²) in [5.41, 5.74) is 0. The van der Waals surface area contributed by atoms with Gasteiger partial charge in [-0.3, -0.25) is 4.79 Å². The van der Waals surface area contributed by atoms with Crippen molar-refractivity contribution < 1.29 is 13.9 Å². The lowest BCUT2D eigenvalue weighted by molar-refractivity contribution is -0.140. The molecule has 0 aromatic heterocycles. The summed E-state index contributed by atoms with van der Waals surface area (Å²) in [6, 6.07) is 6.23. The molecule has 1 aliphatic carbocycles. The van der Waals surface area contributed by atoms with E-state index in [1.165, 1.54) is 18.6 Å². The van der Waals surface area contributed by atoms with Crippen LogP contribution in [0.2, 0.25) is 0 Å². The second-order valence-corrected chi connectivity index (χ2v) is 6.19. The van der Waals surface area contributed by atoms with E-state index in [4.69, 9.17) is 4.74 Å². The molecule has 0 N–H and O–H groups in total. The molecule has 1 aromatic carbocycles. The number of carbonyl (C=O) groups excluding carboxylic acids is 1. The van der Waals surface area contributed by atoms with Crippen molar-refractivity contribution in [1.29, 1.82) is 0 Å². The van der Waals surface area contributed by atoms with Gasteiger partial charge in [-0.2, -0.15) is 0 Å². The standard InChI is InChI=1S/C17H22FNO2/c18-15-7-2-8-16(10-15)21-12-13-4-3-9-19(11-13)17(20)14-5-1-6-14/h2,7-8,10,13-14H,1,3-6,9,11-12H2/t13-/m1/s1. The number of likely N-dealkylation sites (tertiary alicyclic amines) is 1. The molecule has 3 rings (SSSR count). The maximum Gasteiger partial charge on any atom is 0.225 e. The van der Waals surface area contributed by atoms with Crippen molar-refractivity contribution in [1.82, 2.24) is 4.90 Å². The minimum atomic E-state index is -0.280. The minimum Gasteiger partial charge on any atom is -0.493 e. The van der Waals surface area contributed by atoms with Crippen molar-refractivity contribution in [2.75, 3.05) is 19.7 Å². The molecule has 1 heterocycles. The Bertz CT molecular complexity index is 501. The first kappa shape index (κ1) is 14.4. The lowest BCUT2D eigenvalue weighted by Gasteiger charge is -2.37. The monoisotopic (exact) mass is 291 g/mol. The third-order valence-electron chi connectivity index (χ3n) is 4.57. The zero-order chi connectivity index (χ0) is 14.7. The van der Waals surface area contributed by atoms with Crippen LogP contribution in [0, 0.1) is 17.7 Å². The van der Waals surface area contributed by atoms with Crippen LogP contribution in [0.5, 0.6) is 5.75 Å². The predicted octanol–water partition coefficient (Wildman–Crippen LogP) is 3.24. The lowest BCUT2D eigenvalue weighted by Crippen LogP contribution is -2.45. The Morgan fingerprint density at radius 2 is 2.14 bits per heavy atom. The molecule has 1 aromatic rings. The summed E-state index contributed by atoms with van der Waals surface area (Å²) in [5.74, 6) is 1.24. The van der Waals surface area contributed by atoms with Gasteiger partial charge in [0.15, 0.2) is 0 Å². The van der Waals surface area contributed by atoms with E-state index in [0.29, 0.717) is 24.2 Å². The van der Waals surface area contributed by atoms with Gasteiger partial charge in [-0.15, -0.1) is 0 Å². The van der Waals surface area contributed by atoms with Gasteiger partial charge < -0.3 is 9.64 Å². The number of benzene rings is 1. The first-order valence-electron chi connectivity index (χ1n) is 7.89. The Kier molecular flexibility index (Phi) is 4.42. The number of carbonyl (C=O) groups is 1. The van der Waals surface area contributed by atoms with Gasteiger partial charge in [-0.25, -0.2) is 4.39 Å². The normalized spacial score (nSPS) is 22.7. The first-order chi connectivity index (χ1) is 10.2. The molecule has 2 aliphatic rings. The van der Waals surface area contributed by atoms with Crippen molar-refractivity contribution in [3.63, 3.8) is 0 Å². The Morgan fingerprint density at radius 1 is 1.29 bits per heavy atom. The van der Waals surface area contributed by atoms with Crippen LogP contribution in [0.4, 0.5) is 4.39 Å². The molecule has 1 saturated carbocycles. The SMILES string of the molecule is O=C(C1CCC1)N1CCC[C@@H](COc2cccc(F)c2)C1. The second-order valence-electron chi connectivity index (χ2n) is 6.19. The van der Waals surface area contributed by atoms with Gasteiger partial charge in [0.2, 0.25) is 5.91 Å². The quantitative estimate of drug-likeness (QED) is 0.852. The molecule has 2 fully saturated rings. The summed E-state index contributed by atoms with van der Waals surface area (Å²) in [6.45, 7) is 2.22. The lowest BCUT2D eigenvalue weighted by atomic mass is 9.83. The van der Waals surface area contributed by atoms with E-state index in [0.717, 1.165) is 38.8 Å². The number of hydrogen-bond donors (Lipinski definition) is 0. The smallest absolute Gasteiger partial charge is 0.225 e. The molecule has 1 saturated heterocycles. The third kappa shape index (κ3) is 3.55. The molecule has 3 nitrogen and oxygen atoms in total. The molecule has 114 valence electrons. The van der Waals surface area contributed by atoms with Crippen LogP contribution >= 0.6 is 0 Å². The fourth-order valence-electron chi connectivity index (χ4n) is 3.09. The van der Waals surface area contributed by atoms with Gasteiger partial charge in [-0.1, -0.05) is 12.5 Å². The predicted molar refractivity (Wildman–Crippen MR) is 78.5 cm³/mol. The average molecular weight is 291 g/mol. The maximum absolute atomic E-state index is 13.1. The van der Waals surface area contributed by atoms with Crippen molar-refractivity contribution in [3.05, 3.63) is 30.1 Å². The Balaban J connectivity index is 1.50. The third-order valence-corrected chi connectivity index (χ3v) is 4.57. The molecule has 21 heavy (non-hydrogen) atoms. The number of halogens is 1.